The molecule has 1 spiro atoms. The molecule has 3 fully saturated rings. The summed E-state index contributed by atoms with van der Waals surface area (Å²) in [6.45, 7) is 3.81. The summed E-state index contributed by atoms with van der Waals surface area (Å²) < 4.78 is 0. The van der Waals surface area contributed by atoms with Gasteiger partial charge in [0.25, 0.3) is 0 Å². The Balaban J connectivity index is 0.00000131. The van der Waals surface area contributed by atoms with E-state index in [9.17, 15) is 9.59 Å². The number of nitrogens with one attached hydrogen (secondary N) is 1. The lowest BCUT2D eigenvalue weighted by atomic mass is 9.77. The second-order valence-electron chi connectivity index (χ2n) is 7.80. The summed E-state index contributed by atoms with van der Waals surface area (Å²) in [5.74, 6) is -0.120. The van der Waals surface area contributed by atoms with Gasteiger partial charge >= 0.3 is 0 Å². The van der Waals surface area contributed by atoms with E-state index in [1.165, 1.54) is 6.42 Å². The van der Waals surface area contributed by atoms with Gasteiger partial charge in [-0.25, -0.2) is 0 Å². The molecule has 1 aromatic rings. The van der Waals surface area contributed by atoms with Crippen LogP contribution in [0.15, 0.2) is 24.5 Å². The molecule has 2 unspecified atom stereocenters. The van der Waals surface area contributed by atoms with Crippen LogP contribution in [0.5, 0.6) is 0 Å². The molecule has 4 heterocycles. The van der Waals surface area contributed by atoms with Gasteiger partial charge in [0.15, 0.2) is 0 Å². The fourth-order valence-corrected chi connectivity index (χ4v) is 4.76. The summed E-state index contributed by atoms with van der Waals surface area (Å²) in [4.78, 5) is 33.4. The van der Waals surface area contributed by atoms with Gasteiger partial charge in [-0.1, -0.05) is 6.07 Å². The highest BCUT2D eigenvalue weighted by atomic mass is 35.5. The topological polar surface area (TPSA) is 65.5 Å². The Morgan fingerprint density at radius 3 is 2.59 bits per heavy atom. The van der Waals surface area contributed by atoms with Crippen molar-refractivity contribution in [1.29, 1.82) is 0 Å². The molecule has 4 rings (SSSR count). The van der Waals surface area contributed by atoms with Gasteiger partial charge in [-0.3, -0.25) is 14.6 Å². The summed E-state index contributed by atoms with van der Waals surface area (Å²) in [5, 5.41) is 3.46. The minimum Gasteiger partial charge on any atom is -0.342 e. The molecule has 3 aliphatic heterocycles. The molecular formula is C19H28Cl2N4O2. The molecule has 8 heteroatoms. The van der Waals surface area contributed by atoms with E-state index < -0.39 is 0 Å². The van der Waals surface area contributed by atoms with E-state index >= 15 is 0 Å². The van der Waals surface area contributed by atoms with Crippen molar-refractivity contribution in [3.63, 3.8) is 0 Å². The summed E-state index contributed by atoms with van der Waals surface area (Å²) >= 11 is 0. The van der Waals surface area contributed by atoms with Crippen molar-refractivity contribution in [1.82, 2.24) is 20.1 Å². The maximum atomic E-state index is 13.2. The molecule has 27 heavy (non-hydrogen) atoms. The van der Waals surface area contributed by atoms with E-state index in [1.54, 1.807) is 24.3 Å². The highest BCUT2D eigenvalue weighted by Crippen LogP contribution is 2.41. The van der Waals surface area contributed by atoms with E-state index in [-0.39, 0.29) is 48.6 Å². The third-order valence-electron chi connectivity index (χ3n) is 6.40. The van der Waals surface area contributed by atoms with Crippen molar-refractivity contribution in [2.24, 2.45) is 11.3 Å². The minimum absolute atomic E-state index is 0. The van der Waals surface area contributed by atoms with Crippen molar-refractivity contribution >= 4 is 36.6 Å². The van der Waals surface area contributed by atoms with Crippen LogP contribution >= 0.6 is 24.8 Å². The van der Waals surface area contributed by atoms with Crippen molar-refractivity contribution in [3.8, 4) is 0 Å². The Kier molecular flexibility index (Phi) is 7.11. The first-order valence-electron chi connectivity index (χ1n) is 9.25. The Labute approximate surface area is 172 Å². The van der Waals surface area contributed by atoms with Crippen molar-refractivity contribution in [3.05, 3.63) is 30.1 Å². The average Bonchev–Trinajstić information content (AvgIpc) is 3.21. The third-order valence-corrected chi connectivity index (χ3v) is 6.40. The molecule has 0 radical (unpaired) electrons. The van der Waals surface area contributed by atoms with Crippen LogP contribution in [-0.4, -0.2) is 59.8 Å². The number of carbonyl (C=O) groups is 2. The number of amides is 2. The minimum atomic E-state index is -0.294. The Hall–Kier alpha value is -1.37. The number of halogens is 2. The second-order valence-corrected chi connectivity index (χ2v) is 7.80. The summed E-state index contributed by atoms with van der Waals surface area (Å²) in [6, 6.07) is 3.63. The average molecular weight is 415 g/mol. The third kappa shape index (κ3) is 4.08. The van der Waals surface area contributed by atoms with Crippen LogP contribution < -0.4 is 5.32 Å². The molecule has 6 nitrogen and oxygen atoms in total. The SMILES string of the molecule is CN1C(=O)CC(C(=O)N2CCC3(CCNC3)CC2)C1c1cccnc1.Cl.Cl. The molecule has 2 amide bonds. The van der Waals surface area contributed by atoms with Crippen molar-refractivity contribution < 1.29 is 9.59 Å². The monoisotopic (exact) mass is 414 g/mol. The lowest BCUT2D eigenvalue weighted by Gasteiger charge is -2.40. The van der Waals surface area contributed by atoms with Gasteiger partial charge in [-0.2, -0.15) is 0 Å². The summed E-state index contributed by atoms with van der Waals surface area (Å²) in [6.07, 6.45) is 7.15. The molecule has 3 aliphatic rings. The molecule has 0 aromatic carbocycles. The highest BCUT2D eigenvalue weighted by molar-refractivity contribution is 5.90. The van der Waals surface area contributed by atoms with Gasteiger partial charge in [0.2, 0.25) is 11.8 Å². The number of hydrogen-bond acceptors (Lipinski definition) is 4. The molecule has 1 aromatic heterocycles. The number of pyridine rings is 1. The van der Waals surface area contributed by atoms with Crippen molar-refractivity contribution in [2.45, 2.75) is 31.7 Å². The number of rotatable bonds is 2. The number of hydrogen-bond donors (Lipinski definition) is 1. The second kappa shape index (κ2) is 8.76. The van der Waals surface area contributed by atoms with Crippen LogP contribution in [0.4, 0.5) is 0 Å². The number of likely N-dealkylation sites (tertiary alicyclic amines) is 2. The zero-order valence-corrected chi connectivity index (χ0v) is 17.2. The Bertz CT molecular complexity index is 657. The van der Waals surface area contributed by atoms with E-state index in [2.05, 4.69) is 10.3 Å². The molecular weight excluding hydrogens is 387 g/mol. The maximum Gasteiger partial charge on any atom is 0.228 e. The first-order chi connectivity index (χ1) is 12.1. The van der Waals surface area contributed by atoms with Gasteiger partial charge in [-0.05, 0) is 42.9 Å². The highest BCUT2D eigenvalue weighted by Gasteiger charge is 2.46. The Morgan fingerprint density at radius 1 is 1.26 bits per heavy atom. The van der Waals surface area contributed by atoms with Crippen LogP contribution in [0.1, 0.15) is 37.3 Å². The zero-order chi connectivity index (χ0) is 17.4. The summed E-state index contributed by atoms with van der Waals surface area (Å²) in [7, 11) is 1.79. The largest absolute Gasteiger partial charge is 0.342 e. The van der Waals surface area contributed by atoms with Gasteiger partial charge in [-0.15, -0.1) is 24.8 Å². The van der Waals surface area contributed by atoms with Crippen LogP contribution in [0, 0.1) is 11.3 Å². The van der Waals surface area contributed by atoms with E-state index in [1.807, 2.05) is 17.0 Å². The number of carbonyl (C=O) groups excluding carboxylic acids is 2. The summed E-state index contributed by atoms with van der Waals surface area (Å²) in [5.41, 5.74) is 1.34. The van der Waals surface area contributed by atoms with Gasteiger partial charge in [0.05, 0.1) is 12.0 Å². The molecule has 1 N–H and O–H groups in total. The van der Waals surface area contributed by atoms with Crippen LogP contribution in [-0.2, 0) is 9.59 Å². The lowest BCUT2D eigenvalue weighted by Crippen LogP contribution is -2.46. The van der Waals surface area contributed by atoms with Crippen molar-refractivity contribution in [2.75, 3.05) is 33.2 Å². The lowest BCUT2D eigenvalue weighted by molar-refractivity contribution is -0.138. The van der Waals surface area contributed by atoms with E-state index in [0.717, 1.165) is 44.6 Å². The molecule has 0 saturated carbocycles. The molecule has 150 valence electrons. The Morgan fingerprint density at radius 2 is 2.00 bits per heavy atom. The first kappa shape index (κ1) is 21.9. The van der Waals surface area contributed by atoms with Crippen LogP contribution in [0.2, 0.25) is 0 Å². The van der Waals surface area contributed by atoms with E-state index in [0.29, 0.717) is 11.8 Å². The van der Waals surface area contributed by atoms with Gasteiger partial charge in [0.1, 0.15) is 0 Å². The van der Waals surface area contributed by atoms with Gasteiger partial charge in [0, 0.05) is 45.5 Å². The molecule has 0 aliphatic carbocycles. The zero-order valence-electron chi connectivity index (χ0n) is 15.6. The standard InChI is InChI=1S/C19H26N4O2.2ClH/c1-22-16(24)11-15(17(22)14-3-2-7-20-12-14)18(25)23-9-5-19(6-10-23)4-8-21-13-19;;/h2-3,7,12,15,17,21H,4-6,8-11,13H2,1H3;2*1H. The predicted molar refractivity (Wildman–Crippen MR) is 108 cm³/mol. The predicted octanol–water partition coefficient (Wildman–Crippen LogP) is 2.05. The normalized spacial score (nSPS) is 26.6. The molecule has 3 saturated heterocycles. The smallest absolute Gasteiger partial charge is 0.228 e. The first-order valence-corrected chi connectivity index (χ1v) is 9.25. The van der Waals surface area contributed by atoms with Gasteiger partial charge < -0.3 is 15.1 Å². The number of aromatic nitrogens is 1. The van der Waals surface area contributed by atoms with Crippen LogP contribution in [0.3, 0.4) is 0 Å². The number of nitrogens with zero attached hydrogens (tertiary/aromatic N) is 3. The fourth-order valence-electron chi connectivity index (χ4n) is 4.76. The number of piperidine rings is 1. The van der Waals surface area contributed by atoms with E-state index in [4.69, 9.17) is 0 Å². The quantitative estimate of drug-likeness (QED) is 0.803. The fraction of sp³-hybridized carbons (Fsp3) is 0.632. The molecule has 0 bridgehead atoms. The molecule has 2 atom stereocenters. The maximum absolute atomic E-state index is 13.2. The van der Waals surface area contributed by atoms with Crippen LogP contribution in [0.25, 0.3) is 0 Å².